The zero-order chi connectivity index (χ0) is 10.7. The highest BCUT2D eigenvalue weighted by Gasteiger charge is 2.08. The van der Waals surface area contributed by atoms with Gasteiger partial charge in [-0.3, -0.25) is 0 Å². The zero-order valence-corrected chi connectivity index (χ0v) is 7.71. The van der Waals surface area contributed by atoms with Crippen LogP contribution in [0.4, 0.5) is 10.5 Å². The number of carboxylic acids is 1. The Kier molecular flexibility index (Phi) is 2.93. The molecule has 0 saturated carbocycles. The topological polar surface area (TPSA) is 92.4 Å². The number of urea groups is 1. The molecule has 6 heteroatoms. The lowest BCUT2D eigenvalue weighted by atomic mass is 10.2. The number of carboxylic acid groups (broad SMARTS) is 1. The predicted octanol–water partition coefficient (Wildman–Crippen LogP) is 1.53. The van der Waals surface area contributed by atoms with E-state index in [4.69, 9.17) is 22.4 Å². The van der Waals surface area contributed by atoms with Gasteiger partial charge in [-0.25, -0.2) is 9.59 Å². The summed E-state index contributed by atoms with van der Waals surface area (Å²) in [5.41, 5.74) is 5.19. The van der Waals surface area contributed by atoms with Gasteiger partial charge >= 0.3 is 12.0 Å². The summed E-state index contributed by atoms with van der Waals surface area (Å²) < 4.78 is 0. The van der Waals surface area contributed by atoms with E-state index >= 15 is 0 Å². The van der Waals surface area contributed by atoms with Crippen molar-refractivity contribution in [2.45, 2.75) is 0 Å². The van der Waals surface area contributed by atoms with Crippen LogP contribution in [-0.2, 0) is 0 Å². The normalized spacial score (nSPS) is 9.50. The van der Waals surface area contributed by atoms with Crippen LogP contribution in [0.3, 0.4) is 0 Å². The molecule has 0 spiro atoms. The number of benzene rings is 1. The van der Waals surface area contributed by atoms with E-state index in [1.165, 1.54) is 18.2 Å². The van der Waals surface area contributed by atoms with E-state index in [1.807, 2.05) is 0 Å². The summed E-state index contributed by atoms with van der Waals surface area (Å²) in [5, 5.41) is 11.0. The molecule has 0 aliphatic heterocycles. The molecule has 1 rings (SSSR count). The summed E-state index contributed by atoms with van der Waals surface area (Å²) >= 11 is 5.63. The Hall–Kier alpha value is -1.75. The maximum Gasteiger partial charge on any atom is 0.337 e. The number of hydrogen-bond donors (Lipinski definition) is 3. The molecule has 0 fully saturated rings. The largest absolute Gasteiger partial charge is 0.478 e. The van der Waals surface area contributed by atoms with Crippen molar-refractivity contribution >= 4 is 29.3 Å². The average Bonchev–Trinajstić information content (AvgIpc) is 2.01. The monoisotopic (exact) mass is 214 g/mol. The van der Waals surface area contributed by atoms with Gasteiger partial charge < -0.3 is 16.2 Å². The third-order valence-electron chi connectivity index (χ3n) is 1.47. The number of halogens is 1. The number of rotatable bonds is 2. The van der Waals surface area contributed by atoms with Gasteiger partial charge in [0.05, 0.1) is 10.6 Å². The van der Waals surface area contributed by atoms with E-state index < -0.39 is 12.0 Å². The molecule has 4 N–H and O–H groups in total. The maximum absolute atomic E-state index is 10.6. The summed E-state index contributed by atoms with van der Waals surface area (Å²) in [4.78, 5) is 21.0. The van der Waals surface area contributed by atoms with Crippen LogP contribution in [0.25, 0.3) is 0 Å². The van der Waals surface area contributed by atoms with E-state index in [-0.39, 0.29) is 10.6 Å². The fraction of sp³-hybridized carbons (Fsp3) is 0. The standard InChI is InChI=1S/C8H7ClN2O3/c9-6-3-4(11-8(10)14)1-2-5(6)7(12)13/h1-3H,(H,12,13)(H3,10,11,14). The Morgan fingerprint density at radius 2 is 2.07 bits per heavy atom. The molecule has 0 bridgehead atoms. The average molecular weight is 215 g/mol. The van der Waals surface area contributed by atoms with Crippen LogP contribution in [-0.4, -0.2) is 17.1 Å². The smallest absolute Gasteiger partial charge is 0.337 e. The van der Waals surface area contributed by atoms with Gasteiger partial charge in [0.2, 0.25) is 0 Å². The van der Waals surface area contributed by atoms with Gasteiger partial charge in [-0.15, -0.1) is 0 Å². The number of anilines is 1. The van der Waals surface area contributed by atoms with Gasteiger partial charge in [0.15, 0.2) is 0 Å². The molecule has 1 aromatic rings. The molecule has 0 saturated heterocycles. The third-order valence-corrected chi connectivity index (χ3v) is 1.78. The molecule has 0 unspecified atom stereocenters. The molecule has 1 aromatic carbocycles. The van der Waals surface area contributed by atoms with Crippen LogP contribution < -0.4 is 11.1 Å². The fourth-order valence-electron chi connectivity index (χ4n) is 0.909. The minimum atomic E-state index is -1.12. The van der Waals surface area contributed by atoms with E-state index in [1.54, 1.807) is 0 Å². The Morgan fingerprint density at radius 1 is 1.43 bits per heavy atom. The van der Waals surface area contributed by atoms with E-state index in [2.05, 4.69) is 5.32 Å². The van der Waals surface area contributed by atoms with Crippen molar-refractivity contribution in [3.8, 4) is 0 Å². The summed E-state index contributed by atoms with van der Waals surface area (Å²) in [7, 11) is 0. The van der Waals surface area contributed by atoms with Crippen molar-refractivity contribution in [2.75, 3.05) is 5.32 Å². The van der Waals surface area contributed by atoms with E-state index in [0.717, 1.165) is 0 Å². The summed E-state index contributed by atoms with van der Waals surface area (Å²) in [6.07, 6.45) is 0. The molecule has 0 atom stereocenters. The second-order valence-corrected chi connectivity index (χ2v) is 2.90. The van der Waals surface area contributed by atoms with Crippen LogP contribution >= 0.6 is 11.6 Å². The van der Waals surface area contributed by atoms with E-state index in [9.17, 15) is 9.59 Å². The number of carbonyl (C=O) groups excluding carboxylic acids is 1. The molecular formula is C8H7ClN2O3. The van der Waals surface area contributed by atoms with Crippen LogP contribution in [0.15, 0.2) is 18.2 Å². The molecule has 0 heterocycles. The van der Waals surface area contributed by atoms with E-state index in [0.29, 0.717) is 5.69 Å². The molecular weight excluding hydrogens is 208 g/mol. The lowest BCUT2D eigenvalue weighted by molar-refractivity contribution is 0.0697. The maximum atomic E-state index is 10.6. The van der Waals surface area contributed by atoms with Crippen molar-refractivity contribution in [1.29, 1.82) is 0 Å². The highest BCUT2D eigenvalue weighted by atomic mass is 35.5. The number of carbonyl (C=O) groups is 2. The first-order valence-corrected chi connectivity index (χ1v) is 3.98. The quantitative estimate of drug-likeness (QED) is 0.697. The summed E-state index contributed by atoms with van der Waals surface area (Å²) in [5.74, 6) is -1.12. The Bertz CT molecular complexity index is 392. The van der Waals surface area contributed by atoms with Gasteiger partial charge in [0.1, 0.15) is 0 Å². The van der Waals surface area contributed by atoms with Gasteiger partial charge in [0, 0.05) is 5.69 Å². The summed E-state index contributed by atoms with van der Waals surface area (Å²) in [6, 6.07) is 3.27. The third kappa shape index (κ3) is 2.37. The van der Waals surface area contributed by atoms with Crippen molar-refractivity contribution in [3.63, 3.8) is 0 Å². The van der Waals surface area contributed by atoms with Crippen molar-refractivity contribution in [3.05, 3.63) is 28.8 Å². The molecule has 2 amide bonds. The minimum absolute atomic E-state index is 0.0262. The first-order valence-electron chi connectivity index (χ1n) is 3.60. The second kappa shape index (κ2) is 3.97. The molecule has 0 aromatic heterocycles. The number of hydrogen-bond acceptors (Lipinski definition) is 2. The van der Waals surface area contributed by atoms with Crippen LogP contribution in [0, 0.1) is 0 Å². The number of nitrogens with two attached hydrogens (primary N) is 1. The van der Waals surface area contributed by atoms with Gasteiger partial charge in [-0.2, -0.15) is 0 Å². The van der Waals surface area contributed by atoms with Crippen LogP contribution in [0.5, 0.6) is 0 Å². The van der Waals surface area contributed by atoms with Gasteiger partial charge in [-0.05, 0) is 18.2 Å². The molecule has 74 valence electrons. The summed E-state index contributed by atoms with van der Waals surface area (Å²) in [6.45, 7) is 0. The number of primary amides is 1. The Balaban J connectivity index is 3.00. The highest BCUT2D eigenvalue weighted by Crippen LogP contribution is 2.20. The number of aromatic carboxylic acids is 1. The van der Waals surface area contributed by atoms with Gasteiger partial charge in [-0.1, -0.05) is 11.6 Å². The SMILES string of the molecule is NC(=O)Nc1ccc(C(=O)O)c(Cl)c1. The predicted molar refractivity (Wildman–Crippen MR) is 51.6 cm³/mol. The van der Waals surface area contributed by atoms with Crippen molar-refractivity contribution in [1.82, 2.24) is 0 Å². The van der Waals surface area contributed by atoms with Crippen LogP contribution in [0.2, 0.25) is 5.02 Å². The van der Waals surface area contributed by atoms with Gasteiger partial charge in [0.25, 0.3) is 0 Å². The minimum Gasteiger partial charge on any atom is -0.478 e. The first kappa shape index (κ1) is 10.3. The molecule has 0 aliphatic carbocycles. The van der Waals surface area contributed by atoms with Crippen LogP contribution in [0.1, 0.15) is 10.4 Å². The Labute approximate surface area is 84.5 Å². The lowest BCUT2D eigenvalue weighted by Crippen LogP contribution is -2.19. The second-order valence-electron chi connectivity index (χ2n) is 2.49. The molecule has 5 nitrogen and oxygen atoms in total. The number of amides is 2. The number of nitrogens with one attached hydrogen (secondary N) is 1. The first-order chi connectivity index (χ1) is 6.50. The van der Waals surface area contributed by atoms with Crippen molar-refractivity contribution < 1.29 is 14.7 Å². The molecule has 0 radical (unpaired) electrons. The van der Waals surface area contributed by atoms with Crippen molar-refractivity contribution in [2.24, 2.45) is 5.73 Å². The lowest BCUT2D eigenvalue weighted by Gasteiger charge is -2.03. The Morgan fingerprint density at radius 3 is 2.50 bits per heavy atom. The zero-order valence-electron chi connectivity index (χ0n) is 6.95. The molecule has 0 aliphatic rings. The highest BCUT2D eigenvalue weighted by molar-refractivity contribution is 6.33. The fourth-order valence-corrected chi connectivity index (χ4v) is 1.17. The molecule has 14 heavy (non-hydrogen) atoms.